The van der Waals surface area contributed by atoms with E-state index in [0.717, 1.165) is 5.56 Å². The lowest BCUT2D eigenvalue weighted by molar-refractivity contribution is -0.121. The lowest BCUT2D eigenvalue weighted by Crippen LogP contribution is -2.35. The molecule has 0 aromatic heterocycles. The molecule has 0 bridgehead atoms. The molecule has 7 heteroatoms. The molecule has 0 saturated heterocycles. The van der Waals surface area contributed by atoms with Gasteiger partial charge in [-0.1, -0.05) is 12.1 Å². The Kier molecular flexibility index (Phi) is 7.23. The van der Waals surface area contributed by atoms with Gasteiger partial charge in [-0.2, -0.15) is 0 Å². The van der Waals surface area contributed by atoms with Gasteiger partial charge in [0.1, 0.15) is 5.60 Å². The van der Waals surface area contributed by atoms with Gasteiger partial charge in [-0.3, -0.25) is 9.59 Å². The normalized spacial score (nSPS) is 10.7. The summed E-state index contributed by atoms with van der Waals surface area (Å²) < 4.78 is 5.08. The van der Waals surface area contributed by atoms with Gasteiger partial charge in [0, 0.05) is 32.1 Å². The van der Waals surface area contributed by atoms with Crippen LogP contribution in [0.3, 0.4) is 0 Å². The number of alkyl carbamates (subject to hydrolysis) is 1. The number of nitrogens with one attached hydrogen (secondary N) is 3. The van der Waals surface area contributed by atoms with Crippen LogP contribution in [0, 0.1) is 0 Å². The lowest BCUT2D eigenvalue weighted by atomic mass is 10.2. The molecule has 7 nitrogen and oxygen atoms in total. The second-order valence-electron chi connectivity index (χ2n) is 6.34. The van der Waals surface area contributed by atoms with E-state index in [1.165, 1.54) is 6.92 Å². The highest BCUT2D eigenvalue weighted by molar-refractivity contribution is 5.88. The Bertz CT molecular complexity index is 594. The number of hydrogen-bond acceptors (Lipinski definition) is 4. The molecule has 1 aromatic rings. The Morgan fingerprint density at radius 3 is 2.46 bits per heavy atom. The molecule has 0 unspecified atom stereocenters. The molecule has 132 valence electrons. The standard InChI is InChI=1S/C17H25N3O4/c1-12(21)20-14-7-5-6-13(10-14)11-19-15(22)8-9-18-16(23)24-17(2,3)4/h5-7,10H,8-9,11H2,1-4H3,(H,18,23)(H,19,22)(H,20,21). The Hall–Kier alpha value is -2.57. The molecule has 0 fully saturated rings. The van der Waals surface area contributed by atoms with E-state index < -0.39 is 11.7 Å². The molecule has 3 amide bonds. The van der Waals surface area contributed by atoms with Crippen LogP contribution in [-0.4, -0.2) is 30.1 Å². The van der Waals surface area contributed by atoms with Crippen molar-refractivity contribution in [2.75, 3.05) is 11.9 Å². The van der Waals surface area contributed by atoms with E-state index in [4.69, 9.17) is 4.74 Å². The summed E-state index contributed by atoms with van der Waals surface area (Å²) in [6, 6.07) is 7.22. The number of rotatable bonds is 6. The van der Waals surface area contributed by atoms with Crippen LogP contribution in [0.4, 0.5) is 10.5 Å². The van der Waals surface area contributed by atoms with Crippen molar-refractivity contribution in [2.45, 2.75) is 46.3 Å². The zero-order valence-electron chi connectivity index (χ0n) is 14.6. The van der Waals surface area contributed by atoms with Crippen LogP contribution in [-0.2, 0) is 20.9 Å². The summed E-state index contributed by atoms with van der Waals surface area (Å²) in [6.07, 6.45) is -0.386. The number of carbonyl (C=O) groups excluding carboxylic acids is 3. The smallest absolute Gasteiger partial charge is 0.407 e. The van der Waals surface area contributed by atoms with E-state index in [-0.39, 0.29) is 24.8 Å². The average Bonchev–Trinajstić information content (AvgIpc) is 2.43. The zero-order valence-corrected chi connectivity index (χ0v) is 14.6. The third-order valence-corrected chi connectivity index (χ3v) is 2.76. The topological polar surface area (TPSA) is 96.5 Å². The molecule has 1 aromatic carbocycles. The highest BCUT2D eigenvalue weighted by Gasteiger charge is 2.15. The maximum absolute atomic E-state index is 11.8. The van der Waals surface area contributed by atoms with Gasteiger partial charge in [0.15, 0.2) is 0 Å². The molecule has 0 heterocycles. The number of benzene rings is 1. The summed E-state index contributed by atoms with van der Waals surface area (Å²) in [7, 11) is 0. The van der Waals surface area contributed by atoms with Crippen LogP contribution in [0.15, 0.2) is 24.3 Å². The minimum Gasteiger partial charge on any atom is -0.444 e. The van der Waals surface area contributed by atoms with Crippen molar-refractivity contribution in [1.82, 2.24) is 10.6 Å². The Morgan fingerprint density at radius 1 is 1.12 bits per heavy atom. The Balaban J connectivity index is 2.31. The highest BCUT2D eigenvalue weighted by Crippen LogP contribution is 2.10. The molecular weight excluding hydrogens is 310 g/mol. The molecule has 1 rings (SSSR count). The minimum absolute atomic E-state index is 0.149. The first-order valence-electron chi connectivity index (χ1n) is 7.76. The van der Waals surface area contributed by atoms with Gasteiger partial charge in [-0.25, -0.2) is 4.79 Å². The van der Waals surface area contributed by atoms with E-state index in [1.807, 2.05) is 6.07 Å². The summed E-state index contributed by atoms with van der Waals surface area (Å²) >= 11 is 0. The molecule has 0 spiro atoms. The summed E-state index contributed by atoms with van der Waals surface area (Å²) in [5.74, 6) is -0.333. The molecular formula is C17H25N3O4. The fourth-order valence-corrected chi connectivity index (χ4v) is 1.84. The second kappa shape index (κ2) is 8.90. The second-order valence-corrected chi connectivity index (χ2v) is 6.34. The largest absolute Gasteiger partial charge is 0.444 e. The van der Waals surface area contributed by atoms with Crippen molar-refractivity contribution in [3.8, 4) is 0 Å². The van der Waals surface area contributed by atoms with Gasteiger partial charge in [0.25, 0.3) is 0 Å². The van der Waals surface area contributed by atoms with Crippen molar-refractivity contribution in [3.05, 3.63) is 29.8 Å². The van der Waals surface area contributed by atoms with Gasteiger partial charge < -0.3 is 20.7 Å². The fourth-order valence-electron chi connectivity index (χ4n) is 1.84. The molecule has 24 heavy (non-hydrogen) atoms. The predicted octanol–water partition coefficient (Wildman–Crippen LogP) is 2.18. The van der Waals surface area contributed by atoms with Crippen molar-refractivity contribution >= 4 is 23.6 Å². The van der Waals surface area contributed by atoms with Crippen molar-refractivity contribution < 1.29 is 19.1 Å². The molecule has 0 aliphatic heterocycles. The van der Waals surface area contributed by atoms with Gasteiger partial charge in [-0.15, -0.1) is 0 Å². The van der Waals surface area contributed by atoms with Crippen molar-refractivity contribution in [2.24, 2.45) is 0 Å². The predicted molar refractivity (Wildman–Crippen MR) is 91.4 cm³/mol. The first kappa shape index (κ1) is 19.5. The van der Waals surface area contributed by atoms with Crippen LogP contribution in [0.5, 0.6) is 0 Å². The fraction of sp³-hybridized carbons (Fsp3) is 0.471. The third kappa shape index (κ3) is 8.77. The number of carbonyl (C=O) groups is 3. The van der Waals surface area contributed by atoms with Crippen LogP contribution in [0.2, 0.25) is 0 Å². The van der Waals surface area contributed by atoms with Crippen molar-refractivity contribution in [3.63, 3.8) is 0 Å². The number of ether oxygens (including phenoxy) is 1. The first-order chi connectivity index (χ1) is 11.2. The molecule has 0 aliphatic carbocycles. The quantitative estimate of drug-likeness (QED) is 0.742. The average molecular weight is 335 g/mol. The monoisotopic (exact) mass is 335 g/mol. The van der Waals surface area contributed by atoms with Gasteiger partial charge in [-0.05, 0) is 38.5 Å². The molecule has 3 N–H and O–H groups in total. The summed E-state index contributed by atoms with van der Waals surface area (Å²) in [6.45, 7) is 7.30. The Morgan fingerprint density at radius 2 is 1.83 bits per heavy atom. The number of anilines is 1. The molecule has 0 atom stereocenters. The van der Waals surface area contributed by atoms with Crippen LogP contribution in [0.25, 0.3) is 0 Å². The number of hydrogen-bond donors (Lipinski definition) is 3. The van der Waals surface area contributed by atoms with Crippen LogP contribution >= 0.6 is 0 Å². The van der Waals surface area contributed by atoms with Gasteiger partial charge in [0.2, 0.25) is 11.8 Å². The van der Waals surface area contributed by atoms with E-state index in [9.17, 15) is 14.4 Å². The van der Waals surface area contributed by atoms with E-state index in [2.05, 4.69) is 16.0 Å². The summed E-state index contributed by atoms with van der Waals surface area (Å²) in [5, 5.41) is 7.97. The van der Waals surface area contributed by atoms with E-state index in [1.54, 1.807) is 39.0 Å². The first-order valence-corrected chi connectivity index (χ1v) is 7.76. The highest BCUT2D eigenvalue weighted by atomic mass is 16.6. The van der Waals surface area contributed by atoms with Crippen LogP contribution < -0.4 is 16.0 Å². The SMILES string of the molecule is CC(=O)Nc1cccc(CNC(=O)CCNC(=O)OC(C)(C)C)c1. The lowest BCUT2D eigenvalue weighted by Gasteiger charge is -2.19. The van der Waals surface area contributed by atoms with Crippen LogP contribution in [0.1, 0.15) is 39.7 Å². The molecule has 0 radical (unpaired) electrons. The maximum atomic E-state index is 11.8. The number of amides is 3. The molecule has 0 aliphatic rings. The summed E-state index contributed by atoms with van der Waals surface area (Å²) in [5.41, 5.74) is 0.987. The summed E-state index contributed by atoms with van der Waals surface area (Å²) in [4.78, 5) is 34.2. The Labute approximate surface area is 142 Å². The van der Waals surface area contributed by atoms with E-state index >= 15 is 0 Å². The molecule has 0 saturated carbocycles. The van der Waals surface area contributed by atoms with E-state index in [0.29, 0.717) is 12.2 Å². The van der Waals surface area contributed by atoms with Gasteiger partial charge in [0.05, 0.1) is 0 Å². The van der Waals surface area contributed by atoms with Gasteiger partial charge >= 0.3 is 6.09 Å². The van der Waals surface area contributed by atoms with Crippen molar-refractivity contribution in [1.29, 1.82) is 0 Å². The maximum Gasteiger partial charge on any atom is 0.407 e. The minimum atomic E-state index is -0.564. The zero-order chi connectivity index (χ0) is 18.2. The third-order valence-electron chi connectivity index (χ3n) is 2.76.